The zero-order valence-corrected chi connectivity index (χ0v) is 11.4. The fraction of sp³-hybridized carbons (Fsp3) is 0.545. The molecule has 3 N–H and O–H groups in total. The molecule has 0 aromatic carbocycles. The molecule has 1 aliphatic heterocycles. The molecule has 20 heavy (non-hydrogen) atoms. The molecule has 0 amide bonds. The first-order valence-corrected chi connectivity index (χ1v) is 6.14. The second-order valence-corrected chi connectivity index (χ2v) is 4.67. The lowest BCUT2D eigenvalue weighted by atomic mass is 9.94. The van der Waals surface area contributed by atoms with E-state index in [0.29, 0.717) is 24.6 Å². The molecular formula is C11H15ClF2N6. The molecule has 1 fully saturated rings. The average Bonchev–Trinajstić information content (AvgIpc) is 2.84. The largest absolute Gasteiger partial charge is 0.354 e. The highest BCUT2D eigenvalue weighted by Gasteiger charge is 2.41. The van der Waals surface area contributed by atoms with Crippen LogP contribution in [0, 0.1) is 5.92 Å². The Morgan fingerprint density at radius 2 is 2.25 bits per heavy atom. The molecule has 2 aromatic heterocycles. The third-order valence-electron chi connectivity index (χ3n) is 3.33. The fourth-order valence-corrected chi connectivity index (χ4v) is 2.18. The first-order chi connectivity index (χ1) is 9.15. The molecular weight excluding hydrogens is 290 g/mol. The van der Waals surface area contributed by atoms with E-state index in [4.69, 9.17) is 0 Å². The molecule has 0 saturated carbocycles. The van der Waals surface area contributed by atoms with Gasteiger partial charge in [0.05, 0.1) is 18.1 Å². The topological polar surface area (TPSA) is 78.5 Å². The Kier molecular flexibility index (Phi) is 4.34. The third-order valence-corrected chi connectivity index (χ3v) is 3.33. The van der Waals surface area contributed by atoms with Gasteiger partial charge in [-0.15, -0.1) is 12.4 Å². The van der Waals surface area contributed by atoms with Crippen molar-refractivity contribution in [2.45, 2.75) is 12.3 Å². The summed E-state index contributed by atoms with van der Waals surface area (Å²) >= 11 is 0. The van der Waals surface area contributed by atoms with E-state index in [1.165, 1.54) is 0 Å². The second-order valence-electron chi connectivity index (χ2n) is 4.67. The summed E-state index contributed by atoms with van der Waals surface area (Å²) in [6, 6.07) is 0. The van der Waals surface area contributed by atoms with Crippen LogP contribution in [0.3, 0.4) is 0 Å². The minimum Gasteiger partial charge on any atom is -0.354 e. The van der Waals surface area contributed by atoms with E-state index >= 15 is 0 Å². The number of rotatable bonds is 3. The van der Waals surface area contributed by atoms with E-state index in [2.05, 4.69) is 30.8 Å². The van der Waals surface area contributed by atoms with Crippen LogP contribution < -0.4 is 10.6 Å². The summed E-state index contributed by atoms with van der Waals surface area (Å²) in [7, 11) is 0. The van der Waals surface area contributed by atoms with Crippen molar-refractivity contribution in [3.05, 3.63) is 12.4 Å². The van der Waals surface area contributed by atoms with Crippen LogP contribution in [0.25, 0.3) is 11.0 Å². The van der Waals surface area contributed by atoms with Gasteiger partial charge in [-0.3, -0.25) is 5.10 Å². The molecule has 110 valence electrons. The number of anilines is 1. The number of fused-ring (bicyclic) bond motifs is 1. The van der Waals surface area contributed by atoms with Crippen LogP contribution in [0.15, 0.2) is 12.4 Å². The molecule has 0 aliphatic carbocycles. The van der Waals surface area contributed by atoms with Crippen LogP contribution in [0.4, 0.5) is 14.7 Å². The first kappa shape index (κ1) is 14.9. The average molecular weight is 305 g/mol. The molecule has 3 rings (SSSR count). The van der Waals surface area contributed by atoms with Crippen LogP contribution in [0.1, 0.15) is 6.42 Å². The van der Waals surface area contributed by atoms with E-state index in [9.17, 15) is 8.78 Å². The van der Waals surface area contributed by atoms with Crippen LogP contribution >= 0.6 is 12.4 Å². The maximum Gasteiger partial charge on any atom is 0.264 e. The summed E-state index contributed by atoms with van der Waals surface area (Å²) in [4.78, 5) is 8.24. The Morgan fingerprint density at radius 3 is 3.05 bits per heavy atom. The summed E-state index contributed by atoms with van der Waals surface area (Å²) < 4.78 is 27.2. The lowest BCUT2D eigenvalue weighted by Crippen LogP contribution is -2.48. The number of H-pyrrole nitrogens is 1. The number of nitrogens with zero attached hydrogens (tertiary/aromatic N) is 3. The summed E-state index contributed by atoms with van der Waals surface area (Å²) in [6.07, 6.45) is 3.65. The molecule has 1 aliphatic rings. The van der Waals surface area contributed by atoms with Gasteiger partial charge in [-0.25, -0.2) is 13.8 Å². The van der Waals surface area contributed by atoms with E-state index in [-0.39, 0.29) is 25.5 Å². The smallest absolute Gasteiger partial charge is 0.264 e. The molecule has 2 aromatic rings. The van der Waals surface area contributed by atoms with Crippen LogP contribution in [-0.2, 0) is 0 Å². The van der Waals surface area contributed by atoms with Gasteiger partial charge in [0.15, 0.2) is 5.65 Å². The molecule has 1 saturated heterocycles. The Hall–Kier alpha value is -1.54. The van der Waals surface area contributed by atoms with Crippen molar-refractivity contribution < 1.29 is 8.78 Å². The highest BCUT2D eigenvalue weighted by Crippen LogP contribution is 2.29. The van der Waals surface area contributed by atoms with E-state index in [0.717, 1.165) is 5.39 Å². The quantitative estimate of drug-likeness (QED) is 0.799. The van der Waals surface area contributed by atoms with Crippen molar-refractivity contribution in [3.63, 3.8) is 0 Å². The molecule has 6 nitrogen and oxygen atoms in total. The lowest BCUT2D eigenvalue weighted by Gasteiger charge is -2.31. The molecule has 3 heterocycles. The summed E-state index contributed by atoms with van der Waals surface area (Å²) in [5.41, 5.74) is 0.592. The number of piperidine rings is 1. The molecule has 0 spiro atoms. The van der Waals surface area contributed by atoms with Gasteiger partial charge in [-0.2, -0.15) is 10.1 Å². The fourth-order valence-electron chi connectivity index (χ4n) is 2.18. The molecule has 9 heteroatoms. The monoisotopic (exact) mass is 304 g/mol. The molecule has 1 atom stereocenters. The van der Waals surface area contributed by atoms with Gasteiger partial charge in [-0.1, -0.05) is 0 Å². The summed E-state index contributed by atoms with van der Waals surface area (Å²) in [6.45, 7) is 0.510. The van der Waals surface area contributed by atoms with Gasteiger partial charge in [-0.05, 0) is 13.0 Å². The number of aromatic nitrogens is 4. The number of hydrogen-bond donors (Lipinski definition) is 3. The van der Waals surface area contributed by atoms with Gasteiger partial charge in [0, 0.05) is 18.7 Å². The zero-order chi connectivity index (χ0) is 13.3. The SMILES string of the molecule is Cl.FC1(F)CNCCC1CNc1ncc2cn[nH]c2n1. The normalized spacial score (nSPS) is 21.4. The summed E-state index contributed by atoms with van der Waals surface area (Å²) in [5.74, 6) is -3.05. The predicted molar refractivity (Wildman–Crippen MR) is 73.3 cm³/mol. The van der Waals surface area contributed by atoms with Crippen LogP contribution in [0.2, 0.25) is 0 Å². The number of nitrogens with one attached hydrogen (secondary N) is 3. The number of halogens is 3. The minimum atomic E-state index is -2.69. The lowest BCUT2D eigenvalue weighted by molar-refractivity contribution is -0.0678. The van der Waals surface area contributed by atoms with Crippen molar-refractivity contribution in [2.24, 2.45) is 5.92 Å². The van der Waals surface area contributed by atoms with Crippen molar-refractivity contribution in [1.29, 1.82) is 0 Å². The maximum atomic E-state index is 13.6. The van der Waals surface area contributed by atoms with E-state index in [1.807, 2.05) is 0 Å². The second kappa shape index (κ2) is 5.84. The minimum absolute atomic E-state index is 0. The molecule has 0 bridgehead atoms. The number of hydrogen-bond acceptors (Lipinski definition) is 5. The highest BCUT2D eigenvalue weighted by atomic mass is 35.5. The Balaban J connectivity index is 0.00000147. The van der Waals surface area contributed by atoms with E-state index < -0.39 is 11.8 Å². The standard InChI is InChI=1S/C11H14F2N6.ClH/c12-11(13)6-14-2-1-8(11)5-16-10-15-3-7-4-17-19-9(7)18-10;/h3-4,8,14H,1-2,5-6H2,(H2,15,16,17,18,19);1H. The van der Waals surface area contributed by atoms with Gasteiger partial charge in [0.25, 0.3) is 5.92 Å². The molecule has 0 radical (unpaired) electrons. The van der Waals surface area contributed by atoms with Crippen molar-refractivity contribution in [3.8, 4) is 0 Å². The van der Waals surface area contributed by atoms with Gasteiger partial charge >= 0.3 is 0 Å². The molecule has 1 unspecified atom stereocenters. The predicted octanol–water partition coefficient (Wildman–Crippen LogP) is 1.43. The Labute approximate surface area is 120 Å². The third kappa shape index (κ3) is 2.96. The highest BCUT2D eigenvalue weighted by molar-refractivity contribution is 5.85. The Bertz CT molecular complexity index is 575. The van der Waals surface area contributed by atoms with Crippen LogP contribution in [-0.4, -0.2) is 45.7 Å². The van der Waals surface area contributed by atoms with Crippen molar-refractivity contribution >= 4 is 29.4 Å². The maximum absolute atomic E-state index is 13.6. The van der Waals surface area contributed by atoms with Gasteiger partial charge in [0.1, 0.15) is 0 Å². The number of alkyl halides is 2. The van der Waals surface area contributed by atoms with Gasteiger partial charge in [0.2, 0.25) is 5.95 Å². The Morgan fingerprint density at radius 1 is 1.40 bits per heavy atom. The zero-order valence-electron chi connectivity index (χ0n) is 10.6. The van der Waals surface area contributed by atoms with E-state index in [1.54, 1.807) is 12.4 Å². The summed E-state index contributed by atoms with van der Waals surface area (Å²) in [5, 5.41) is 12.9. The van der Waals surface area contributed by atoms with Crippen molar-refractivity contribution in [2.75, 3.05) is 25.0 Å². The number of aromatic amines is 1. The van der Waals surface area contributed by atoms with Gasteiger partial charge < -0.3 is 10.6 Å². The van der Waals surface area contributed by atoms with Crippen LogP contribution in [0.5, 0.6) is 0 Å². The van der Waals surface area contributed by atoms with Crippen molar-refractivity contribution in [1.82, 2.24) is 25.5 Å². The first-order valence-electron chi connectivity index (χ1n) is 6.14.